The maximum Gasteiger partial charge on any atom is 0.354 e. The van der Waals surface area contributed by atoms with Crippen molar-refractivity contribution < 1.29 is 4.39 Å². The van der Waals surface area contributed by atoms with Crippen LogP contribution in [0, 0.1) is 11.2 Å². The summed E-state index contributed by atoms with van der Waals surface area (Å²) >= 11 is 7.63. The molecular formula is C31H37ClFN7OS. The van der Waals surface area contributed by atoms with Gasteiger partial charge in [0.15, 0.2) is 11.0 Å². The minimum absolute atomic E-state index is 0.0586. The van der Waals surface area contributed by atoms with E-state index >= 15 is 4.39 Å². The predicted octanol–water partition coefficient (Wildman–Crippen LogP) is 6.04. The van der Waals surface area contributed by atoms with Crippen LogP contribution < -0.4 is 22.5 Å². The Hall–Kier alpha value is -3.18. The number of halogens is 2. The number of rotatable bonds is 10. The molecular weight excluding hydrogens is 573 g/mol. The molecule has 2 aromatic carbocycles. The average molecular weight is 610 g/mol. The first-order chi connectivity index (χ1) is 20.2. The fraction of sp³-hybridized carbons (Fsp3) is 0.387. The highest BCUT2D eigenvalue weighted by Crippen LogP contribution is 2.32. The van der Waals surface area contributed by atoms with Crippen LogP contribution in [0.5, 0.6) is 0 Å². The zero-order chi connectivity index (χ0) is 29.8. The Morgan fingerprint density at radius 3 is 2.79 bits per heavy atom. The maximum absolute atomic E-state index is 15.1. The van der Waals surface area contributed by atoms with Gasteiger partial charge in [0.25, 0.3) is 0 Å². The van der Waals surface area contributed by atoms with E-state index in [9.17, 15) is 4.79 Å². The molecule has 0 amide bonds. The van der Waals surface area contributed by atoms with E-state index in [4.69, 9.17) is 28.5 Å². The Labute approximate surface area is 253 Å². The Bertz CT molecular complexity index is 1620. The Balaban J connectivity index is 1.35. The van der Waals surface area contributed by atoms with Crippen LogP contribution in [0.4, 0.5) is 4.39 Å². The van der Waals surface area contributed by atoms with Gasteiger partial charge < -0.3 is 21.8 Å². The number of H-pyrrole nitrogens is 1. The molecule has 42 heavy (non-hydrogen) atoms. The van der Waals surface area contributed by atoms with E-state index in [1.54, 1.807) is 24.4 Å². The van der Waals surface area contributed by atoms with E-state index in [-0.39, 0.29) is 22.3 Å². The number of hydrogen-bond acceptors (Lipinski definition) is 6. The second-order valence-corrected chi connectivity index (χ2v) is 12.7. The molecule has 1 aliphatic heterocycles. The average Bonchev–Trinajstić information content (AvgIpc) is 3.37. The molecule has 3 heterocycles. The lowest BCUT2D eigenvalue weighted by Crippen LogP contribution is -2.37. The number of nitrogens with zero attached hydrogens (tertiary/aromatic N) is 2. The van der Waals surface area contributed by atoms with E-state index in [1.807, 2.05) is 31.2 Å². The lowest BCUT2D eigenvalue weighted by Gasteiger charge is -2.31. The largest absolute Gasteiger partial charge is 0.379 e. The van der Waals surface area contributed by atoms with E-state index in [1.165, 1.54) is 21.9 Å². The van der Waals surface area contributed by atoms with Gasteiger partial charge in [-0.2, -0.15) is 4.98 Å². The standard InChI is InChI=1S/C31H37ClFN7OS/c1-18(34)4-2-5-19-14-24(28(33)25(32)15-19)27-16-21-17-40(31(41)39-29(21)38-27)23-10-8-20(9-11-23)26-7-3-6-22(37-26)12-13-42-30(35)36/h8-11,14-18,22,26,37H,2-7,12-13,34H2,1H3,(H3,35,36)(H,38,39,41)/t18-,22?,26-/m0/s1. The third-order valence-corrected chi connectivity index (χ3v) is 8.82. The molecule has 0 saturated carbocycles. The van der Waals surface area contributed by atoms with Crippen molar-refractivity contribution in [2.75, 3.05) is 5.75 Å². The topological polar surface area (TPSA) is 139 Å². The van der Waals surface area contributed by atoms with Crippen molar-refractivity contribution in [1.29, 1.82) is 5.41 Å². The number of piperidine rings is 1. The molecule has 11 heteroatoms. The van der Waals surface area contributed by atoms with Gasteiger partial charge in [-0.3, -0.25) is 9.98 Å². The molecule has 8 nitrogen and oxygen atoms in total. The van der Waals surface area contributed by atoms with Gasteiger partial charge in [-0.15, -0.1) is 0 Å². The molecule has 5 rings (SSSR count). The summed E-state index contributed by atoms with van der Waals surface area (Å²) in [6.45, 7) is 1.97. The van der Waals surface area contributed by atoms with Crippen molar-refractivity contribution in [2.45, 2.75) is 70.0 Å². The number of aromatic nitrogens is 3. The molecule has 0 spiro atoms. The molecule has 7 N–H and O–H groups in total. The number of nitrogens with two attached hydrogens (primary N) is 2. The number of nitrogens with one attached hydrogen (secondary N) is 3. The summed E-state index contributed by atoms with van der Waals surface area (Å²) in [6.07, 6.45) is 8.47. The van der Waals surface area contributed by atoms with Crippen LogP contribution in [0.1, 0.15) is 62.6 Å². The van der Waals surface area contributed by atoms with Crippen LogP contribution in [0.2, 0.25) is 5.02 Å². The number of fused-ring (bicyclic) bond motifs is 1. The van der Waals surface area contributed by atoms with E-state index in [0.717, 1.165) is 56.3 Å². The van der Waals surface area contributed by atoms with Crippen LogP contribution >= 0.6 is 23.4 Å². The number of aromatic amines is 1. The quantitative estimate of drug-likeness (QED) is 0.110. The van der Waals surface area contributed by atoms with Gasteiger partial charge in [0.1, 0.15) is 5.65 Å². The molecule has 3 atom stereocenters. The minimum Gasteiger partial charge on any atom is -0.379 e. The normalized spacial score (nSPS) is 17.9. The summed E-state index contributed by atoms with van der Waals surface area (Å²) in [5.41, 5.74) is 15.0. The highest BCUT2D eigenvalue weighted by atomic mass is 35.5. The summed E-state index contributed by atoms with van der Waals surface area (Å²) in [5, 5.41) is 12.0. The second-order valence-electron chi connectivity index (χ2n) is 11.1. The summed E-state index contributed by atoms with van der Waals surface area (Å²) in [5.74, 6) is 0.318. The molecule has 1 unspecified atom stereocenters. The van der Waals surface area contributed by atoms with Gasteiger partial charge in [0.2, 0.25) is 0 Å². The number of amidine groups is 1. The number of aryl methyl sites for hydroxylation is 1. The van der Waals surface area contributed by atoms with Gasteiger partial charge in [-0.25, -0.2) is 9.18 Å². The van der Waals surface area contributed by atoms with Crippen molar-refractivity contribution in [2.24, 2.45) is 11.5 Å². The lowest BCUT2D eigenvalue weighted by molar-refractivity contribution is 0.320. The summed E-state index contributed by atoms with van der Waals surface area (Å²) in [7, 11) is 0. The monoisotopic (exact) mass is 609 g/mol. The van der Waals surface area contributed by atoms with Crippen LogP contribution in [-0.4, -0.2) is 37.5 Å². The number of thioether (sulfide) groups is 1. The van der Waals surface area contributed by atoms with Crippen LogP contribution in [0.25, 0.3) is 28.0 Å². The molecule has 0 aliphatic carbocycles. The first kappa shape index (κ1) is 30.3. The molecule has 0 radical (unpaired) electrons. The van der Waals surface area contributed by atoms with Gasteiger partial charge in [-0.05, 0) is 86.9 Å². The summed E-state index contributed by atoms with van der Waals surface area (Å²) < 4.78 is 16.6. The molecule has 4 aromatic rings. The van der Waals surface area contributed by atoms with Crippen molar-refractivity contribution in [1.82, 2.24) is 19.9 Å². The first-order valence-corrected chi connectivity index (χ1v) is 15.7. The second kappa shape index (κ2) is 13.4. The summed E-state index contributed by atoms with van der Waals surface area (Å²) in [4.78, 5) is 20.3. The first-order valence-electron chi connectivity index (χ1n) is 14.4. The molecule has 1 aliphatic rings. The van der Waals surface area contributed by atoms with Crippen molar-refractivity contribution >= 4 is 39.6 Å². The van der Waals surface area contributed by atoms with Crippen molar-refractivity contribution in [3.63, 3.8) is 0 Å². The van der Waals surface area contributed by atoms with Crippen molar-refractivity contribution in [3.05, 3.63) is 81.1 Å². The molecule has 2 aromatic heterocycles. The van der Waals surface area contributed by atoms with Gasteiger partial charge >= 0.3 is 5.69 Å². The molecule has 222 valence electrons. The SMILES string of the molecule is C[C@H](N)CCCc1cc(Cl)c(F)c(-c2cc3cn(-c4ccc([C@@H]5CCCC(CCSC(=N)N)N5)cc4)c(=O)nc3[nH]2)c1. The third-order valence-electron chi connectivity index (χ3n) is 7.79. The maximum atomic E-state index is 15.1. The van der Waals surface area contributed by atoms with E-state index in [0.29, 0.717) is 34.0 Å². The lowest BCUT2D eigenvalue weighted by atomic mass is 9.92. The van der Waals surface area contributed by atoms with Crippen LogP contribution in [-0.2, 0) is 6.42 Å². The fourth-order valence-corrected chi connectivity index (χ4v) is 6.49. The van der Waals surface area contributed by atoms with Crippen LogP contribution in [0.15, 0.2) is 53.5 Å². The minimum atomic E-state index is -0.513. The van der Waals surface area contributed by atoms with Crippen molar-refractivity contribution in [3.8, 4) is 16.9 Å². The molecule has 1 saturated heterocycles. The Morgan fingerprint density at radius 2 is 2.05 bits per heavy atom. The summed E-state index contributed by atoms with van der Waals surface area (Å²) in [6, 6.07) is 13.9. The van der Waals surface area contributed by atoms with E-state index < -0.39 is 11.5 Å². The Morgan fingerprint density at radius 1 is 1.26 bits per heavy atom. The van der Waals surface area contributed by atoms with E-state index in [2.05, 4.69) is 15.3 Å². The van der Waals surface area contributed by atoms with Gasteiger partial charge in [0, 0.05) is 41.0 Å². The smallest absolute Gasteiger partial charge is 0.354 e. The van der Waals surface area contributed by atoms with Gasteiger partial charge in [0.05, 0.1) is 16.4 Å². The Kier molecular flexibility index (Phi) is 9.67. The van der Waals surface area contributed by atoms with Crippen LogP contribution in [0.3, 0.4) is 0 Å². The highest BCUT2D eigenvalue weighted by Gasteiger charge is 2.22. The zero-order valence-electron chi connectivity index (χ0n) is 23.6. The zero-order valence-corrected chi connectivity index (χ0v) is 25.2. The third kappa shape index (κ3) is 7.23. The fourth-order valence-electron chi connectivity index (χ4n) is 5.63. The molecule has 1 fully saturated rings. The molecule has 0 bridgehead atoms. The number of hydrogen-bond donors (Lipinski definition) is 5. The predicted molar refractivity (Wildman–Crippen MR) is 171 cm³/mol. The van der Waals surface area contributed by atoms with Gasteiger partial charge in [-0.1, -0.05) is 41.9 Å². The highest BCUT2D eigenvalue weighted by molar-refractivity contribution is 8.13. The number of benzene rings is 2.